The summed E-state index contributed by atoms with van der Waals surface area (Å²) in [7, 11) is 0. The van der Waals surface area contributed by atoms with Gasteiger partial charge in [-0.3, -0.25) is 9.59 Å². The molecule has 3 N–H and O–H groups in total. The highest BCUT2D eigenvalue weighted by atomic mass is 16.4. The number of rotatable bonds is 7. The molecule has 17 heavy (non-hydrogen) atoms. The van der Waals surface area contributed by atoms with E-state index in [0.29, 0.717) is 12.8 Å². The number of aliphatic hydroxyl groups is 1. The maximum absolute atomic E-state index is 11.7. The summed E-state index contributed by atoms with van der Waals surface area (Å²) in [5, 5.41) is 21.4. The van der Waals surface area contributed by atoms with E-state index in [1.807, 2.05) is 13.8 Å². The van der Waals surface area contributed by atoms with Crippen molar-refractivity contribution in [2.24, 2.45) is 11.8 Å². The van der Waals surface area contributed by atoms with Crippen molar-refractivity contribution in [3.63, 3.8) is 0 Å². The van der Waals surface area contributed by atoms with Crippen LogP contribution < -0.4 is 5.32 Å². The number of hydrogen-bond donors (Lipinski definition) is 3. The first-order valence-corrected chi connectivity index (χ1v) is 6.00. The molecule has 0 saturated heterocycles. The quantitative estimate of drug-likeness (QED) is 0.624. The van der Waals surface area contributed by atoms with E-state index in [1.165, 1.54) is 6.92 Å². The van der Waals surface area contributed by atoms with Crippen LogP contribution in [-0.2, 0) is 9.59 Å². The summed E-state index contributed by atoms with van der Waals surface area (Å²) < 4.78 is 0. The number of carboxylic acids is 1. The molecule has 0 aliphatic rings. The van der Waals surface area contributed by atoms with Gasteiger partial charge in [0.25, 0.3) is 0 Å². The summed E-state index contributed by atoms with van der Waals surface area (Å²) in [5.74, 6) is -2.66. The van der Waals surface area contributed by atoms with Crippen molar-refractivity contribution in [1.29, 1.82) is 0 Å². The van der Waals surface area contributed by atoms with E-state index in [2.05, 4.69) is 5.32 Å². The van der Waals surface area contributed by atoms with Gasteiger partial charge in [-0.1, -0.05) is 27.7 Å². The minimum Gasteiger partial charge on any atom is -0.481 e. The first-order valence-electron chi connectivity index (χ1n) is 6.00. The lowest BCUT2D eigenvalue weighted by Gasteiger charge is -2.26. The van der Waals surface area contributed by atoms with Crippen LogP contribution in [0, 0.1) is 11.8 Å². The van der Waals surface area contributed by atoms with E-state index in [0.717, 1.165) is 0 Å². The van der Waals surface area contributed by atoms with Crippen molar-refractivity contribution in [2.75, 3.05) is 6.54 Å². The van der Waals surface area contributed by atoms with E-state index in [4.69, 9.17) is 5.11 Å². The Morgan fingerprint density at radius 3 is 2.00 bits per heavy atom. The van der Waals surface area contributed by atoms with E-state index < -0.39 is 23.4 Å². The smallest absolute Gasteiger partial charge is 0.307 e. The van der Waals surface area contributed by atoms with Crippen molar-refractivity contribution in [3.05, 3.63) is 0 Å². The van der Waals surface area contributed by atoms with Crippen LogP contribution in [0.5, 0.6) is 0 Å². The molecular weight excluding hydrogens is 222 g/mol. The molecule has 0 aromatic carbocycles. The maximum Gasteiger partial charge on any atom is 0.307 e. The molecule has 0 spiro atoms. The predicted octanol–water partition coefficient (Wildman–Crippen LogP) is 1.01. The fourth-order valence-electron chi connectivity index (χ4n) is 1.35. The lowest BCUT2D eigenvalue weighted by atomic mass is 9.94. The van der Waals surface area contributed by atoms with E-state index >= 15 is 0 Å². The van der Waals surface area contributed by atoms with E-state index in [1.54, 1.807) is 6.92 Å². The van der Waals surface area contributed by atoms with Gasteiger partial charge in [-0.2, -0.15) is 0 Å². The van der Waals surface area contributed by atoms with Crippen molar-refractivity contribution in [2.45, 2.75) is 46.1 Å². The highest BCUT2D eigenvalue weighted by molar-refractivity contribution is 5.84. The second-order valence-corrected chi connectivity index (χ2v) is 4.56. The first-order chi connectivity index (χ1) is 7.77. The van der Waals surface area contributed by atoms with Gasteiger partial charge in [0.1, 0.15) is 0 Å². The number of carbonyl (C=O) groups is 2. The van der Waals surface area contributed by atoms with Crippen molar-refractivity contribution in [1.82, 2.24) is 5.32 Å². The van der Waals surface area contributed by atoms with Crippen LogP contribution in [0.1, 0.15) is 40.5 Å². The number of aliphatic carboxylic acids is 1. The molecule has 0 rings (SSSR count). The largest absolute Gasteiger partial charge is 0.481 e. The highest BCUT2D eigenvalue weighted by Gasteiger charge is 2.28. The molecule has 5 heteroatoms. The van der Waals surface area contributed by atoms with Gasteiger partial charge in [-0.15, -0.1) is 0 Å². The van der Waals surface area contributed by atoms with Crippen LogP contribution in [0.4, 0.5) is 0 Å². The molecule has 0 saturated carbocycles. The molecule has 0 aromatic heterocycles. The van der Waals surface area contributed by atoms with Gasteiger partial charge in [0, 0.05) is 12.5 Å². The Bertz CT molecular complexity index is 274. The van der Waals surface area contributed by atoms with Crippen LogP contribution in [0.2, 0.25) is 0 Å². The van der Waals surface area contributed by atoms with Crippen molar-refractivity contribution < 1.29 is 19.8 Å². The summed E-state index contributed by atoms with van der Waals surface area (Å²) in [6, 6.07) is 0. The molecule has 5 nitrogen and oxygen atoms in total. The minimum absolute atomic E-state index is 0.162. The second kappa shape index (κ2) is 6.59. The number of carboxylic acid groups (broad SMARTS) is 1. The van der Waals surface area contributed by atoms with Crippen LogP contribution in [0.25, 0.3) is 0 Å². The van der Waals surface area contributed by atoms with Crippen LogP contribution in [0.3, 0.4) is 0 Å². The average molecular weight is 245 g/mol. The zero-order valence-electron chi connectivity index (χ0n) is 11.0. The summed E-state index contributed by atoms with van der Waals surface area (Å²) in [6.07, 6.45) is 1.10. The van der Waals surface area contributed by atoms with Gasteiger partial charge < -0.3 is 15.5 Å². The molecule has 2 unspecified atom stereocenters. The number of nitrogens with one attached hydrogen (secondary N) is 1. The van der Waals surface area contributed by atoms with Gasteiger partial charge in [0.05, 0.1) is 11.5 Å². The normalized spacial score (nSPS) is 15.1. The zero-order chi connectivity index (χ0) is 13.6. The topological polar surface area (TPSA) is 86.6 Å². The third-order valence-corrected chi connectivity index (χ3v) is 3.46. The van der Waals surface area contributed by atoms with Gasteiger partial charge in [-0.05, 0) is 12.8 Å². The molecule has 0 radical (unpaired) electrons. The summed E-state index contributed by atoms with van der Waals surface area (Å²) >= 11 is 0. The summed E-state index contributed by atoms with van der Waals surface area (Å²) in [5.41, 5.74) is -0.901. The fourth-order valence-corrected chi connectivity index (χ4v) is 1.35. The number of hydrogen-bond acceptors (Lipinski definition) is 3. The lowest BCUT2D eigenvalue weighted by Crippen LogP contribution is -2.45. The average Bonchev–Trinajstić information content (AvgIpc) is 2.33. The fraction of sp³-hybridized carbons (Fsp3) is 0.833. The first kappa shape index (κ1) is 15.9. The zero-order valence-corrected chi connectivity index (χ0v) is 11.0. The molecule has 100 valence electrons. The predicted molar refractivity (Wildman–Crippen MR) is 64.5 cm³/mol. The number of amides is 1. The van der Waals surface area contributed by atoms with Crippen molar-refractivity contribution in [3.8, 4) is 0 Å². The molecule has 2 atom stereocenters. The monoisotopic (exact) mass is 245 g/mol. The Hall–Kier alpha value is -1.10. The van der Waals surface area contributed by atoms with Gasteiger partial charge >= 0.3 is 5.97 Å². The van der Waals surface area contributed by atoms with Crippen molar-refractivity contribution >= 4 is 11.9 Å². The molecule has 1 amide bonds. The SMILES string of the molecule is CCC(O)(CC)CNC(=O)C(C)C(C)C(=O)O. The molecule has 0 heterocycles. The van der Waals surface area contributed by atoms with E-state index in [-0.39, 0.29) is 12.5 Å². The Labute approximate surface area is 102 Å². The Kier molecular flexibility index (Phi) is 6.16. The van der Waals surface area contributed by atoms with Gasteiger partial charge in [0.15, 0.2) is 0 Å². The molecule has 0 aliphatic heterocycles. The van der Waals surface area contributed by atoms with Crippen LogP contribution >= 0.6 is 0 Å². The van der Waals surface area contributed by atoms with Gasteiger partial charge in [-0.25, -0.2) is 0 Å². The standard InChI is InChI=1S/C12H23NO4/c1-5-12(17,6-2)7-13-10(14)8(3)9(4)11(15)16/h8-9,17H,5-7H2,1-4H3,(H,13,14)(H,15,16). The summed E-state index contributed by atoms with van der Waals surface area (Å²) in [6.45, 7) is 6.93. The maximum atomic E-state index is 11.7. The highest BCUT2D eigenvalue weighted by Crippen LogP contribution is 2.15. The Balaban J connectivity index is 4.32. The third-order valence-electron chi connectivity index (χ3n) is 3.46. The third kappa shape index (κ3) is 4.73. The summed E-state index contributed by atoms with van der Waals surface area (Å²) in [4.78, 5) is 22.4. The minimum atomic E-state index is -0.992. The van der Waals surface area contributed by atoms with Gasteiger partial charge in [0.2, 0.25) is 5.91 Å². The molecular formula is C12H23NO4. The molecule has 0 fully saturated rings. The molecule has 0 aliphatic carbocycles. The number of carbonyl (C=O) groups excluding carboxylic acids is 1. The molecule has 0 bridgehead atoms. The van der Waals surface area contributed by atoms with Crippen LogP contribution in [-0.4, -0.2) is 34.2 Å². The van der Waals surface area contributed by atoms with Crippen LogP contribution in [0.15, 0.2) is 0 Å². The lowest BCUT2D eigenvalue weighted by molar-refractivity contribution is -0.146. The Morgan fingerprint density at radius 1 is 1.18 bits per heavy atom. The van der Waals surface area contributed by atoms with E-state index in [9.17, 15) is 14.7 Å². The molecule has 0 aromatic rings. The second-order valence-electron chi connectivity index (χ2n) is 4.56. The Morgan fingerprint density at radius 2 is 1.65 bits per heavy atom.